The van der Waals surface area contributed by atoms with Gasteiger partial charge in [-0.15, -0.1) is 0 Å². The van der Waals surface area contributed by atoms with Crippen LogP contribution < -0.4 is 4.90 Å². The number of rotatable bonds is 4. The number of hydrogen-bond donors (Lipinski definition) is 1. The van der Waals surface area contributed by atoms with Gasteiger partial charge in [-0.25, -0.2) is 4.98 Å². The summed E-state index contributed by atoms with van der Waals surface area (Å²) in [6.07, 6.45) is 0. The van der Waals surface area contributed by atoms with Crippen molar-refractivity contribution >= 4 is 5.82 Å². The molecule has 2 atom stereocenters. The molecular weight excluding hydrogens is 240 g/mol. The van der Waals surface area contributed by atoms with Crippen molar-refractivity contribution in [2.24, 2.45) is 11.8 Å². The van der Waals surface area contributed by atoms with Crippen LogP contribution in [0.15, 0.2) is 18.2 Å². The highest BCUT2D eigenvalue weighted by Gasteiger charge is 2.33. The number of aliphatic hydroxyl groups is 1. The van der Waals surface area contributed by atoms with E-state index in [0.29, 0.717) is 11.6 Å². The Morgan fingerprint density at radius 1 is 1.42 bits per heavy atom. The smallest absolute Gasteiger partial charge is 0.142 e. The van der Waals surface area contributed by atoms with E-state index in [1.54, 1.807) is 6.07 Å². The highest BCUT2D eigenvalue weighted by atomic mass is 16.3. The zero-order chi connectivity index (χ0) is 13.8. The second kappa shape index (κ2) is 6.00. The Balaban J connectivity index is 2.12. The highest BCUT2D eigenvalue weighted by molar-refractivity contribution is 5.43. The molecule has 1 aliphatic heterocycles. The Kier molecular flexibility index (Phi) is 4.35. The minimum Gasteiger partial charge on any atom is -0.396 e. The molecule has 0 aliphatic carbocycles. The standard InChI is InChI=1S/C14H20N4O/c1-17(2)7-11-8-18(9-12(11)10-19)14-5-3-4-13(6-15)16-14/h3-5,11-12,19H,7-10H2,1-2H3/t11-,12-/m1/s1. The summed E-state index contributed by atoms with van der Waals surface area (Å²) in [4.78, 5) is 8.64. The van der Waals surface area contributed by atoms with Crippen molar-refractivity contribution in [3.05, 3.63) is 23.9 Å². The van der Waals surface area contributed by atoms with Gasteiger partial charge in [-0.2, -0.15) is 5.26 Å². The predicted octanol–water partition coefficient (Wildman–Crippen LogP) is 0.560. The quantitative estimate of drug-likeness (QED) is 0.857. The molecule has 0 radical (unpaired) electrons. The highest BCUT2D eigenvalue weighted by Crippen LogP contribution is 2.27. The van der Waals surface area contributed by atoms with Crippen molar-refractivity contribution in [3.63, 3.8) is 0 Å². The molecule has 1 aromatic rings. The van der Waals surface area contributed by atoms with Gasteiger partial charge < -0.3 is 14.9 Å². The Labute approximate surface area is 114 Å². The molecule has 5 nitrogen and oxygen atoms in total. The summed E-state index contributed by atoms with van der Waals surface area (Å²) < 4.78 is 0. The third kappa shape index (κ3) is 3.22. The van der Waals surface area contributed by atoms with E-state index in [0.717, 1.165) is 25.5 Å². The summed E-state index contributed by atoms with van der Waals surface area (Å²) >= 11 is 0. The van der Waals surface area contributed by atoms with Gasteiger partial charge in [0.25, 0.3) is 0 Å². The summed E-state index contributed by atoms with van der Waals surface area (Å²) in [7, 11) is 4.09. The second-order valence-electron chi connectivity index (χ2n) is 5.36. The van der Waals surface area contributed by atoms with Crippen LogP contribution in [0.5, 0.6) is 0 Å². The first-order valence-electron chi connectivity index (χ1n) is 6.51. The van der Waals surface area contributed by atoms with Gasteiger partial charge in [0.05, 0.1) is 0 Å². The van der Waals surface area contributed by atoms with E-state index in [1.165, 1.54) is 0 Å². The molecule has 2 heterocycles. The van der Waals surface area contributed by atoms with Gasteiger partial charge in [0.2, 0.25) is 0 Å². The van der Waals surface area contributed by atoms with Crippen LogP contribution in [0.3, 0.4) is 0 Å². The maximum Gasteiger partial charge on any atom is 0.142 e. The molecule has 1 aromatic heterocycles. The summed E-state index contributed by atoms with van der Waals surface area (Å²) in [6, 6.07) is 7.55. The molecule has 0 amide bonds. The minimum absolute atomic E-state index is 0.201. The van der Waals surface area contributed by atoms with Crippen LogP contribution in [0.25, 0.3) is 0 Å². The normalized spacial score (nSPS) is 22.8. The topological polar surface area (TPSA) is 63.4 Å². The van der Waals surface area contributed by atoms with Gasteiger partial charge in [0.1, 0.15) is 17.6 Å². The largest absolute Gasteiger partial charge is 0.396 e. The molecule has 0 unspecified atom stereocenters. The SMILES string of the molecule is CN(C)C[C@@H]1CN(c2cccc(C#N)n2)C[C@@H]1CO. The van der Waals surface area contributed by atoms with Crippen molar-refractivity contribution in [3.8, 4) is 6.07 Å². The average Bonchev–Trinajstić information content (AvgIpc) is 2.81. The lowest BCUT2D eigenvalue weighted by Gasteiger charge is -2.20. The first-order chi connectivity index (χ1) is 9.13. The number of nitriles is 1. The average molecular weight is 260 g/mol. The van der Waals surface area contributed by atoms with E-state index in [9.17, 15) is 5.11 Å². The molecule has 1 aliphatic rings. The number of aliphatic hydroxyl groups excluding tert-OH is 1. The van der Waals surface area contributed by atoms with Gasteiger partial charge >= 0.3 is 0 Å². The monoisotopic (exact) mass is 260 g/mol. The molecule has 1 fully saturated rings. The van der Waals surface area contributed by atoms with E-state index in [-0.39, 0.29) is 12.5 Å². The lowest BCUT2D eigenvalue weighted by atomic mass is 9.97. The Morgan fingerprint density at radius 2 is 2.16 bits per heavy atom. The number of pyridine rings is 1. The van der Waals surface area contributed by atoms with Crippen LogP contribution in [0.1, 0.15) is 5.69 Å². The molecule has 0 aromatic carbocycles. The molecule has 0 saturated carbocycles. The Morgan fingerprint density at radius 3 is 2.79 bits per heavy atom. The summed E-state index contributed by atoms with van der Waals surface area (Å²) in [5.41, 5.74) is 0.439. The van der Waals surface area contributed by atoms with Gasteiger partial charge in [-0.3, -0.25) is 0 Å². The maximum atomic E-state index is 9.50. The summed E-state index contributed by atoms with van der Waals surface area (Å²) in [5.74, 6) is 1.54. The maximum absolute atomic E-state index is 9.50. The molecular formula is C14H20N4O. The molecule has 19 heavy (non-hydrogen) atoms. The van der Waals surface area contributed by atoms with Crippen LogP contribution >= 0.6 is 0 Å². The fraction of sp³-hybridized carbons (Fsp3) is 0.571. The zero-order valence-corrected chi connectivity index (χ0v) is 11.5. The van der Waals surface area contributed by atoms with E-state index in [4.69, 9.17) is 5.26 Å². The molecule has 0 bridgehead atoms. The van der Waals surface area contributed by atoms with Crippen LogP contribution in [0, 0.1) is 23.2 Å². The third-order valence-corrected chi connectivity index (χ3v) is 3.58. The lowest BCUT2D eigenvalue weighted by Crippen LogP contribution is -2.28. The fourth-order valence-corrected chi connectivity index (χ4v) is 2.67. The van der Waals surface area contributed by atoms with E-state index in [2.05, 4.69) is 20.9 Å². The van der Waals surface area contributed by atoms with Crippen molar-refractivity contribution in [2.45, 2.75) is 0 Å². The first kappa shape index (κ1) is 13.8. The zero-order valence-electron chi connectivity index (χ0n) is 11.5. The van der Waals surface area contributed by atoms with Crippen LogP contribution in [0.4, 0.5) is 5.82 Å². The first-order valence-corrected chi connectivity index (χ1v) is 6.51. The minimum atomic E-state index is 0.201. The van der Waals surface area contributed by atoms with Gasteiger partial charge in [0.15, 0.2) is 0 Å². The molecule has 5 heteroatoms. The molecule has 102 valence electrons. The van der Waals surface area contributed by atoms with Gasteiger partial charge in [-0.05, 0) is 32.1 Å². The van der Waals surface area contributed by atoms with Crippen molar-refractivity contribution in [1.29, 1.82) is 5.26 Å². The van der Waals surface area contributed by atoms with Crippen molar-refractivity contribution < 1.29 is 5.11 Å². The number of nitrogens with zero attached hydrogens (tertiary/aromatic N) is 4. The predicted molar refractivity (Wildman–Crippen MR) is 73.8 cm³/mol. The number of anilines is 1. The molecule has 1 N–H and O–H groups in total. The van der Waals surface area contributed by atoms with Crippen LogP contribution in [-0.2, 0) is 0 Å². The molecule has 0 spiro atoms. The van der Waals surface area contributed by atoms with E-state index >= 15 is 0 Å². The fourth-order valence-electron chi connectivity index (χ4n) is 2.67. The second-order valence-corrected chi connectivity index (χ2v) is 5.36. The van der Waals surface area contributed by atoms with E-state index in [1.807, 2.05) is 26.2 Å². The van der Waals surface area contributed by atoms with Gasteiger partial charge in [-0.1, -0.05) is 6.07 Å². The Bertz CT molecular complexity index is 469. The van der Waals surface area contributed by atoms with Crippen LogP contribution in [-0.4, -0.2) is 55.3 Å². The lowest BCUT2D eigenvalue weighted by molar-refractivity contribution is 0.185. The van der Waals surface area contributed by atoms with Gasteiger partial charge in [0, 0.05) is 32.2 Å². The third-order valence-electron chi connectivity index (χ3n) is 3.58. The van der Waals surface area contributed by atoms with Crippen molar-refractivity contribution in [2.75, 3.05) is 45.2 Å². The number of hydrogen-bond acceptors (Lipinski definition) is 5. The van der Waals surface area contributed by atoms with Crippen molar-refractivity contribution in [1.82, 2.24) is 9.88 Å². The Hall–Kier alpha value is -1.64. The molecule has 1 saturated heterocycles. The van der Waals surface area contributed by atoms with E-state index < -0.39 is 0 Å². The summed E-state index contributed by atoms with van der Waals surface area (Å²) in [5, 5.41) is 18.4. The number of aromatic nitrogens is 1. The van der Waals surface area contributed by atoms with Crippen LogP contribution in [0.2, 0.25) is 0 Å². The summed E-state index contributed by atoms with van der Waals surface area (Å²) in [6.45, 7) is 2.84. The molecule has 2 rings (SSSR count).